The molecule has 1 heterocycles. The summed E-state index contributed by atoms with van der Waals surface area (Å²) in [6, 6.07) is 10.3. The van der Waals surface area contributed by atoms with Crippen LogP contribution in [0.25, 0.3) is 0 Å². The second kappa shape index (κ2) is 6.15. The molecule has 1 saturated heterocycles. The second-order valence-corrected chi connectivity index (χ2v) is 4.61. The van der Waals surface area contributed by atoms with Crippen LogP contribution in [0, 0.1) is 0 Å². The first-order valence-electron chi connectivity index (χ1n) is 6.30. The molecule has 0 radical (unpaired) electrons. The van der Waals surface area contributed by atoms with Crippen LogP contribution in [-0.2, 0) is 16.1 Å². The van der Waals surface area contributed by atoms with E-state index in [1.807, 2.05) is 18.2 Å². The molecule has 3 nitrogen and oxygen atoms in total. The fourth-order valence-corrected chi connectivity index (χ4v) is 2.28. The zero-order valence-corrected chi connectivity index (χ0v) is 10.2. The Morgan fingerprint density at radius 2 is 1.88 bits per heavy atom. The summed E-state index contributed by atoms with van der Waals surface area (Å²) in [7, 11) is 0. The Morgan fingerprint density at radius 3 is 2.53 bits per heavy atom. The maximum atomic E-state index is 6.14. The lowest BCUT2D eigenvalue weighted by Crippen LogP contribution is -2.40. The van der Waals surface area contributed by atoms with Gasteiger partial charge in [-0.3, -0.25) is 0 Å². The summed E-state index contributed by atoms with van der Waals surface area (Å²) in [5.41, 5.74) is 6.84. The van der Waals surface area contributed by atoms with Crippen molar-refractivity contribution in [2.45, 2.75) is 31.5 Å². The molecule has 0 aromatic heterocycles. The minimum absolute atomic E-state index is 0.0666. The molecule has 0 spiro atoms. The Kier molecular flexibility index (Phi) is 4.54. The van der Waals surface area contributed by atoms with Crippen LogP contribution in [-0.4, -0.2) is 25.4 Å². The van der Waals surface area contributed by atoms with E-state index in [4.69, 9.17) is 15.2 Å². The van der Waals surface area contributed by atoms with Crippen molar-refractivity contribution >= 4 is 0 Å². The quantitative estimate of drug-likeness (QED) is 0.850. The second-order valence-electron chi connectivity index (χ2n) is 4.61. The highest BCUT2D eigenvalue weighted by molar-refractivity contribution is 5.13. The highest BCUT2D eigenvalue weighted by Crippen LogP contribution is 2.29. The summed E-state index contributed by atoms with van der Waals surface area (Å²) in [5, 5.41) is 0. The Balaban J connectivity index is 1.93. The molecule has 17 heavy (non-hydrogen) atoms. The van der Waals surface area contributed by atoms with E-state index in [0.29, 0.717) is 13.2 Å². The summed E-state index contributed by atoms with van der Waals surface area (Å²) < 4.78 is 11.5. The van der Waals surface area contributed by atoms with Gasteiger partial charge in [-0.2, -0.15) is 0 Å². The van der Waals surface area contributed by atoms with Crippen molar-refractivity contribution in [3.8, 4) is 0 Å². The van der Waals surface area contributed by atoms with Gasteiger partial charge in [0.2, 0.25) is 0 Å². The minimum atomic E-state index is -0.0666. The normalized spacial score (nSPS) is 19.1. The van der Waals surface area contributed by atoms with E-state index in [1.165, 1.54) is 5.56 Å². The van der Waals surface area contributed by atoms with Crippen molar-refractivity contribution in [2.75, 3.05) is 19.8 Å². The first kappa shape index (κ1) is 12.6. The van der Waals surface area contributed by atoms with Crippen LogP contribution in [0.2, 0.25) is 0 Å². The van der Waals surface area contributed by atoms with Gasteiger partial charge in [-0.05, 0) is 31.4 Å². The lowest BCUT2D eigenvalue weighted by molar-refractivity contribution is -0.121. The maximum absolute atomic E-state index is 6.14. The monoisotopic (exact) mass is 235 g/mol. The van der Waals surface area contributed by atoms with Crippen LogP contribution in [0.1, 0.15) is 24.8 Å². The van der Waals surface area contributed by atoms with Gasteiger partial charge in [-0.1, -0.05) is 30.3 Å². The number of nitrogens with two attached hydrogens (primary N) is 1. The molecule has 1 aliphatic heterocycles. The standard InChI is InChI=1S/C14H21NO2/c15-9-6-14(7-10-16-11-8-14)17-12-13-4-2-1-3-5-13/h1-5H,6-12,15H2. The SMILES string of the molecule is NCCC1(OCc2ccccc2)CCOCC1. The summed E-state index contributed by atoms with van der Waals surface area (Å²) in [5.74, 6) is 0. The van der Waals surface area contributed by atoms with Crippen LogP contribution in [0.15, 0.2) is 30.3 Å². The molecule has 0 bridgehead atoms. The topological polar surface area (TPSA) is 44.5 Å². The molecular formula is C14H21NO2. The Bertz CT molecular complexity index is 315. The predicted molar refractivity (Wildman–Crippen MR) is 67.7 cm³/mol. The van der Waals surface area contributed by atoms with Gasteiger partial charge >= 0.3 is 0 Å². The smallest absolute Gasteiger partial charge is 0.0742 e. The highest BCUT2D eigenvalue weighted by atomic mass is 16.5. The van der Waals surface area contributed by atoms with Gasteiger partial charge in [0.1, 0.15) is 0 Å². The summed E-state index contributed by atoms with van der Waals surface area (Å²) >= 11 is 0. The van der Waals surface area contributed by atoms with Gasteiger partial charge < -0.3 is 15.2 Å². The van der Waals surface area contributed by atoms with Crippen molar-refractivity contribution in [3.63, 3.8) is 0 Å². The third-order valence-corrected chi connectivity index (χ3v) is 3.39. The van der Waals surface area contributed by atoms with E-state index in [1.54, 1.807) is 0 Å². The van der Waals surface area contributed by atoms with Crippen LogP contribution < -0.4 is 5.73 Å². The van der Waals surface area contributed by atoms with Gasteiger partial charge in [-0.15, -0.1) is 0 Å². The average molecular weight is 235 g/mol. The van der Waals surface area contributed by atoms with E-state index in [2.05, 4.69) is 12.1 Å². The number of benzene rings is 1. The van der Waals surface area contributed by atoms with E-state index < -0.39 is 0 Å². The number of ether oxygens (including phenoxy) is 2. The number of hydrogen-bond donors (Lipinski definition) is 1. The van der Waals surface area contributed by atoms with Crippen LogP contribution >= 0.6 is 0 Å². The maximum Gasteiger partial charge on any atom is 0.0742 e. The first-order valence-corrected chi connectivity index (χ1v) is 6.30. The molecule has 3 heteroatoms. The van der Waals surface area contributed by atoms with E-state index in [0.717, 1.165) is 32.5 Å². The lowest BCUT2D eigenvalue weighted by Gasteiger charge is -2.37. The van der Waals surface area contributed by atoms with E-state index in [9.17, 15) is 0 Å². The molecule has 1 aromatic rings. The Hall–Kier alpha value is -0.900. The molecular weight excluding hydrogens is 214 g/mol. The Labute approximate surface area is 103 Å². The zero-order chi connectivity index (χ0) is 12.0. The number of rotatable bonds is 5. The fourth-order valence-electron chi connectivity index (χ4n) is 2.28. The van der Waals surface area contributed by atoms with Gasteiger partial charge in [-0.25, -0.2) is 0 Å². The lowest BCUT2D eigenvalue weighted by atomic mass is 9.90. The van der Waals surface area contributed by atoms with Gasteiger partial charge in [0, 0.05) is 13.2 Å². The molecule has 2 rings (SSSR count). The summed E-state index contributed by atoms with van der Waals surface area (Å²) in [6.45, 7) is 2.92. The molecule has 0 atom stereocenters. The van der Waals surface area contributed by atoms with Crippen LogP contribution in [0.4, 0.5) is 0 Å². The summed E-state index contributed by atoms with van der Waals surface area (Å²) in [6.07, 6.45) is 2.83. The Morgan fingerprint density at radius 1 is 1.18 bits per heavy atom. The molecule has 2 N–H and O–H groups in total. The van der Waals surface area contributed by atoms with Crippen molar-refractivity contribution in [2.24, 2.45) is 5.73 Å². The molecule has 0 unspecified atom stereocenters. The van der Waals surface area contributed by atoms with Gasteiger partial charge in [0.15, 0.2) is 0 Å². The molecule has 0 saturated carbocycles. The van der Waals surface area contributed by atoms with Crippen molar-refractivity contribution < 1.29 is 9.47 Å². The fraction of sp³-hybridized carbons (Fsp3) is 0.571. The molecule has 1 aliphatic rings. The first-order chi connectivity index (χ1) is 8.35. The third kappa shape index (κ3) is 3.53. The molecule has 0 amide bonds. The summed E-state index contributed by atoms with van der Waals surface area (Å²) in [4.78, 5) is 0. The van der Waals surface area contributed by atoms with Gasteiger partial charge in [0.25, 0.3) is 0 Å². The van der Waals surface area contributed by atoms with Crippen molar-refractivity contribution in [1.82, 2.24) is 0 Å². The molecule has 1 fully saturated rings. The van der Waals surface area contributed by atoms with Crippen molar-refractivity contribution in [1.29, 1.82) is 0 Å². The molecule has 0 aliphatic carbocycles. The van der Waals surface area contributed by atoms with Crippen molar-refractivity contribution in [3.05, 3.63) is 35.9 Å². The minimum Gasteiger partial charge on any atom is -0.381 e. The average Bonchev–Trinajstić information content (AvgIpc) is 2.39. The molecule has 1 aromatic carbocycles. The predicted octanol–water partition coefficient (Wildman–Crippen LogP) is 2.10. The largest absolute Gasteiger partial charge is 0.381 e. The zero-order valence-electron chi connectivity index (χ0n) is 10.2. The molecule has 94 valence electrons. The number of hydrogen-bond acceptors (Lipinski definition) is 3. The highest BCUT2D eigenvalue weighted by Gasteiger charge is 2.32. The van der Waals surface area contributed by atoms with E-state index in [-0.39, 0.29) is 5.60 Å². The third-order valence-electron chi connectivity index (χ3n) is 3.39. The van der Waals surface area contributed by atoms with Crippen LogP contribution in [0.3, 0.4) is 0 Å². The van der Waals surface area contributed by atoms with Gasteiger partial charge in [0.05, 0.1) is 12.2 Å². The van der Waals surface area contributed by atoms with Crippen LogP contribution in [0.5, 0.6) is 0 Å². The van der Waals surface area contributed by atoms with E-state index >= 15 is 0 Å².